The molecule has 1 aliphatic heterocycles. The molecule has 2 aromatic carbocycles. The molecule has 1 heterocycles. The molecule has 0 atom stereocenters. The number of thioether (sulfide) groups is 1. The minimum atomic E-state index is -4.65. The number of nitroso groups, excluding NO2 is 1. The summed E-state index contributed by atoms with van der Waals surface area (Å²) in [5, 5.41) is 9.21. The summed E-state index contributed by atoms with van der Waals surface area (Å²) in [7, 11) is 0. The Morgan fingerprint density at radius 2 is 1.62 bits per heavy atom. The molecule has 1 saturated carbocycles. The van der Waals surface area contributed by atoms with Gasteiger partial charge in [-0.05, 0) is 98.8 Å². The van der Waals surface area contributed by atoms with Gasteiger partial charge in [-0.15, -0.1) is 16.7 Å². The van der Waals surface area contributed by atoms with E-state index in [1.807, 2.05) is 4.90 Å². The molecular weight excluding hydrogens is 529 g/mol. The molecule has 1 amide bonds. The van der Waals surface area contributed by atoms with E-state index in [0.29, 0.717) is 50.5 Å². The van der Waals surface area contributed by atoms with Gasteiger partial charge in [0.2, 0.25) is 5.91 Å². The number of hydrogen-bond acceptors (Lipinski definition) is 7. The van der Waals surface area contributed by atoms with Gasteiger partial charge in [-0.2, -0.15) is 13.2 Å². The fraction of sp³-hybridized carbons (Fsp3) is 0.536. The molecular formula is C28H35F3N4O3S. The summed E-state index contributed by atoms with van der Waals surface area (Å²) in [6.07, 6.45) is 1.99. The van der Waals surface area contributed by atoms with Crippen LogP contribution in [0.4, 0.5) is 30.2 Å². The number of rotatable bonds is 9. The van der Waals surface area contributed by atoms with Gasteiger partial charge >= 0.3 is 6.18 Å². The van der Waals surface area contributed by atoms with E-state index >= 15 is 0 Å². The van der Waals surface area contributed by atoms with Crippen molar-refractivity contribution in [2.24, 2.45) is 5.18 Å². The lowest BCUT2D eigenvalue weighted by atomic mass is 9.92. The summed E-state index contributed by atoms with van der Waals surface area (Å²) in [6.45, 7) is 3.54. The zero-order chi connectivity index (χ0) is 28.0. The van der Waals surface area contributed by atoms with Gasteiger partial charge in [0.05, 0.1) is 11.7 Å². The first-order valence-corrected chi connectivity index (χ1v) is 14.5. The highest BCUT2D eigenvalue weighted by molar-refractivity contribution is 7.98. The maximum atomic E-state index is 13.2. The van der Waals surface area contributed by atoms with Crippen molar-refractivity contribution < 1.29 is 22.7 Å². The summed E-state index contributed by atoms with van der Waals surface area (Å²) in [5.41, 5.74) is 1.01. The Bertz CT molecular complexity index is 1150. The number of halogens is 3. The van der Waals surface area contributed by atoms with Crippen LogP contribution in [0, 0.1) is 11.8 Å². The molecule has 212 valence electrons. The fourth-order valence-corrected chi connectivity index (χ4v) is 5.88. The molecule has 2 aromatic rings. The molecule has 0 spiro atoms. The highest BCUT2D eigenvalue weighted by Crippen LogP contribution is 2.38. The molecule has 7 nitrogen and oxygen atoms in total. The lowest BCUT2D eigenvalue weighted by Gasteiger charge is -2.34. The van der Waals surface area contributed by atoms with Crippen LogP contribution in [0.5, 0.6) is 0 Å². The van der Waals surface area contributed by atoms with Crippen molar-refractivity contribution >= 4 is 34.7 Å². The highest BCUT2D eigenvalue weighted by Gasteiger charge is 2.35. The zero-order valence-corrected chi connectivity index (χ0v) is 23.0. The predicted molar refractivity (Wildman–Crippen MR) is 149 cm³/mol. The number of amides is 1. The molecule has 0 unspecified atom stereocenters. The minimum absolute atomic E-state index is 0.00239. The monoisotopic (exact) mass is 564 g/mol. The summed E-state index contributed by atoms with van der Waals surface area (Å²) in [6, 6.07) is 10.2. The lowest BCUT2D eigenvalue weighted by molar-refractivity contribution is -0.140. The molecule has 4 rings (SSSR count). The number of nitrogens with zero attached hydrogens (tertiary/aromatic N) is 2. The van der Waals surface area contributed by atoms with Gasteiger partial charge in [-0.1, -0.05) is 0 Å². The van der Waals surface area contributed by atoms with Gasteiger partial charge < -0.3 is 20.3 Å². The van der Waals surface area contributed by atoms with Crippen molar-refractivity contribution in [2.75, 3.05) is 36.6 Å². The van der Waals surface area contributed by atoms with Crippen LogP contribution in [0.25, 0.3) is 0 Å². The summed E-state index contributed by atoms with van der Waals surface area (Å²) >= 11 is 1.74. The van der Waals surface area contributed by atoms with Gasteiger partial charge in [0, 0.05) is 41.4 Å². The number of ether oxygens (including phenoxy) is 1. The third kappa shape index (κ3) is 7.88. The van der Waals surface area contributed by atoms with Crippen LogP contribution in [0.15, 0.2) is 46.5 Å². The smallest absolute Gasteiger partial charge is 0.382 e. The minimum Gasteiger partial charge on any atom is -0.382 e. The first kappa shape index (κ1) is 29.2. The maximum absolute atomic E-state index is 13.2. The second-order valence-electron chi connectivity index (χ2n) is 10.2. The van der Waals surface area contributed by atoms with Gasteiger partial charge in [-0.25, -0.2) is 0 Å². The first-order valence-electron chi connectivity index (χ1n) is 13.3. The Hall–Kier alpha value is -2.79. The van der Waals surface area contributed by atoms with E-state index in [1.165, 1.54) is 16.5 Å². The SMILES string of the molecule is CSc1ccc(NC2CCN(C(=O)COC3CCC(Nc4ccc(N=O)c(C(F)(F)F)c4)CC3)CC2)cc1C. The van der Waals surface area contributed by atoms with Gasteiger partial charge in [-0.3, -0.25) is 4.79 Å². The highest BCUT2D eigenvalue weighted by atomic mass is 32.2. The van der Waals surface area contributed by atoms with Gasteiger partial charge in [0.1, 0.15) is 12.3 Å². The van der Waals surface area contributed by atoms with Crippen LogP contribution in [-0.4, -0.2) is 54.9 Å². The topological polar surface area (TPSA) is 83.0 Å². The number of alkyl halides is 3. The summed E-state index contributed by atoms with van der Waals surface area (Å²) in [5.74, 6) is -0.00239. The summed E-state index contributed by atoms with van der Waals surface area (Å²) in [4.78, 5) is 26.6. The predicted octanol–water partition coefficient (Wildman–Crippen LogP) is 6.98. The number of aryl methyl sites for hydroxylation is 1. The Labute approximate surface area is 231 Å². The van der Waals surface area contributed by atoms with Crippen LogP contribution < -0.4 is 10.6 Å². The van der Waals surface area contributed by atoms with E-state index in [0.717, 1.165) is 30.7 Å². The molecule has 2 fully saturated rings. The van der Waals surface area contributed by atoms with Crippen molar-refractivity contribution in [1.82, 2.24) is 4.90 Å². The number of benzene rings is 2. The fourth-order valence-electron chi connectivity index (χ4n) is 5.30. The van der Waals surface area contributed by atoms with E-state index in [-0.39, 0.29) is 24.7 Å². The van der Waals surface area contributed by atoms with Crippen LogP contribution >= 0.6 is 11.8 Å². The Morgan fingerprint density at radius 3 is 2.21 bits per heavy atom. The van der Waals surface area contributed by atoms with Crippen LogP contribution in [0.1, 0.15) is 49.7 Å². The molecule has 0 bridgehead atoms. The van der Waals surface area contributed by atoms with Crippen molar-refractivity contribution in [2.45, 2.75) is 74.7 Å². The van der Waals surface area contributed by atoms with Crippen molar-refractivity contribution in [3.63, 3.8) is 0 Å². The number of likely N-dealkylation sites (tertiary alicyclic amines) is 1. The van der Waals surface area contributed by atoms with E-state index in [1.54, 1.807) is 11.8 Å². The number of hydrogen-bond donors (Lipinski definition) is 2. The molecule has 2 aliphatic rings. The Morgan fingerprint density at radius 1 is 1.00 bits per heavy atom. The standard InChI is InChI=1S/C28H35F3N4O3S/c1-18-15-21(6-10-26(18)39-2)33-20-11-13-35(14-12-20)27(36)17-38-23-7-3-19(4-8-23)32-22-5-9-25(34-37)24(16-22)28(29,30)31/h5-6,9-10,15-16,19-20,23,32-33H,3-4,7-8,11-14,17H2,1-2H3. The van der Waals surface area contributed by atoms with E-state index < -0.39 is 17.4 Å². The van der Waals surface area contributed by atoms with Crippen molar-refractivity contribution in [3.8, 4) is 0 Å². The maximum Gasteiger partial charge on any atom is 0.418 e. The van der Waals surface area contributed by atoms with Crippen molar-refractivity contribution in [3.05, 3.63) is 52.4 Å². The number of carbonyl (C=O) groups is 1. The van der Waals surface area contributed by atoms with Gasteiger partial charge in [0.15, 0.2) is 0 Å². The second-order valence-corrected chi connectivity index (χ2v) is 11.1. The number of anilines is 2. The van der Waals surface area contributed by atoms with Crippen LogP contribution in [-0.2, 0) is 15.7 Å². The number of nitrogens with one attached hydrogen (secondary N) is 2. The third-order valence-corrected chi connectivity index (χ3v) is 8.40. The average Bonchev–Trinajstić information content (AvgIpc) is 2.92. The number of piperidine rings is 1. The molecule has 0 aromatic heterocycles. The lowest BCUT2D eigenvalue weighted by Crippen LogP contribution is -2.44. The van der Waals surface area contributed by atoms with E-state index in [2.05, 4.69) is 47.2 Å². The number of carbonyl (C=O) groups excluding carboxylic acids is 1. The molecule has 11 heteroatoms. The van der Waals surface area contributed by atoms with E-state index in [9.17, 15) is 22.9 Å². The molecule has 0 radical (unpaired) electrons. The molecule has 1 aliphatic carbocycles. The molecule has 39 heavy (non-hydrogen) atoms. The molecule has 1 saturated heterocycles. The third-order valence-electron chi connectivity index (χ3n) is 7.50. The normalized spacial score (nSPS) is 20.5. The quantitative estimate of drug-likeness (QED) is 0.253. The van der Waals surface area contributed by atoms with Crippen LogP contribution in [0.3, 0.4) is 0 Å². The average molecular weight is 565 g/mol. The Kier molecular flexibility index (Phi) is 9.76. The molecule has 2 N–H and O–H groups in total. The second kappa shape index (κ2) is 13.0. The zero-order valence-electron chi connectivity index (χ0n) is 22.2. The first-order chi connectivity index (χ1) is 18.7. The Balaban J connectivity index is 1.16. The van der Waals surface area contributed by atoms with Crippen molar-refractivity contribution in [1.29, 1.82) is 0 Å². The largest absolute Gasteiger partial charge is 0.418 e. The summed E-state index contributed by atoms with van der Waals surface area (Å²) < 4.78 is 45.5. The van der Waals surface area contributed by atoms with E-state index in [4.69, 9.17) is 4.74 Å². The van der Waals surface area contributed by atoms with Crippen LogP contribution in [0.2, 0.25) is 0 Å². The van der Waals surface area contributed by atoms with Gasteiger partial charge in [0.25, 0.3) is 0 Å².